The molecule has 4 nitrogen and oxygen atoms in total. The van der Waals surface area contributed by atoms with Crippen LogP contribution in [0.4, 0.5) is 0 Å². The van der Waals surface area contributed by atoms with Crippen molar-refractivity contribution in [2.45, 2.75) is 17.9 Å². The lowest BCUT2D eigenvalue weighted by molar-refractivity contribution is 0.344. The van der Waals surface area contributed by atoms with Crippen molar-refractivity contribution in [3.05, 3.63) is 64.7 Å². The zero-order valence-electron chi connectivity index (χ0n) is 14.0. The maximum absolute atomic E-state index is 13.4. The minimum Gasteiger partial charge on any atom is -0.316 e. The average Bonchev–Trinajstić information content (AvgIpc) is 3.17. The highest BCUT2D eigenvalue weighted by Crippen LogP contribution is 2.46. The lowest BCUT2D eigenvalue weighted by atomic mass is 9.88. The molecule has 0 spiro atoms. The number of sulfonamides is 1. The first-order valence-electron chi connectivity index (χ1n) is 8.53. The van der Waals surface area contributed by atoms with Crippen LogP contribution in [0.3, 0.4) is 0 Å². The molecule has 2 aliphatic heterocycles. The summed E-state index contributed by atoms with van der Waals surface area (Å²) in [7, 11) is -3.65. The fourth-order valence-electron chi connectivity index (χ4n) is 4.21. The van der Waals surface area contributed by atoms with Crippen LogP contribution in [0.15, 0.2) is 53.4 Å². The maximum Gasteiger partial charge on any atom is 0.245 e. The van der Waals surface area contributed by atoms with Gasteiger partial charge in [0.05, 0.1) is 11.1 Å². The minimum absolute atomic E-state index is 0.150. The first kappa shape index (κ1) is 17.0. The Balaban J connectivity index is 1.83. The molecule has 1 N–H and O–H groups in total. The average molecular weight is 377 g/mol. The van der Waals surface area contributed by atoms with Crippen LogP contribution in [-0.2, 0) is 10.0 Å². The summed E-state index contributed by atoms with van der Waals surface area (Å²) in [5, 5.41) is 3.70. The molecule has 132 valence electrons. The third-order valence-electron chi connectivity index (χ3n) is 5.45. The van der Waals surface area contributed by atoms with Gasteiger partial charge in [-0.2, -0.15) is 4.31 Å². The number of hydrogen-bond donors (Lipinski definition) is 1. The maximum atomic E-state index is 13.4. The molecule has 2 heterocycles. The van der Waals surface area contributed by atoms with E-state index >= 15 is 0 Å². The number of benzene rings is 2. The molecule has 0 aromatic heterocycles. The topological polar surface area (TPSA) is 49.4 Å². The Hall–Kier alpha value is -1.40. The van der Waals surface area contributed by atoms with Gasteiger partial charge in [-0.05, 0) is 48.6 Å². The zero-order chi connectivity index (χ0) is 17.6. The Bertz CT molecular complexity index is 900. The summed E-state index contributed by atoms with van der Waals surface area (Å²) in [5.74, 6) is 0.625. The second-order valence-electron chi connectivity index (χ2n) is 6.89. The third kappa shape index (κ3) is 2.79. The van der Waals surface area contributed by atoms with Crippen molar-refractivity contribution in [2.24, 2.45) is 11.8 Å². The van der Waals surface area contributed by atoms with E-state index in [9.17, 15) is 8.42 Å². The first-order chi connectivity index (χ1) is 12.0. The van der Waals surface area contributed by atoms with Crippen LogP contribution in [-0.4, -0.2) is 32.4 Å². The summed E-state index contributed by atoms with van der Waals surface area (Å²) >= 11 is 6.21. The molecule has 2 aromatic rings. The number of hydrogen-bond acceptors (Lipinski definition) is 3. The van der Waals surface area contributed by atoms with E-state index in [0.717, 1.165) is 24.2 Å². The normalized spacial score (nSPS) is 26.7. The Morgan fingerprint density at radius 1 is 1.08 bits per heavy atom. The van der Waals surface area contributed by atoms with Gasteiger partial charge in [0, 0.05) is 13.1 Å². The van der Waals surface area contributed by atoms with Crippen molar-refractivity contribution in [1.29, 1.82) is 0 Å². The minimum atomic E-state index is -3.65. The highest BCUT2D eigenvalue weighted by atomic mass is 35.5. The third-order valence-corrected chi connectivity index (χ3v) is 7.80. The Labute approximate surface area is 153 Å². The van der Waals surface area contributed by atoms with Crippen LogP contribution in [0.25, 0.3) is 0 Å². The van der Waals surface area contributed by atoms with Crippen molar-refractivity contribution in [1.82, 2.24) is 9.62 Å². The van der Waals surface area contributed by atoms with Gasteiger partial charge >= 0.3 is 0 Å². The number of fused-ring (bicyclic) bond motifs is 1. The van der Waals surface area contributed by atoms with E-state index in [-0.39, 0.29) is 16.0 Å². The van der Waals surface area contributed by atoms with Crippen LogP contribution < -0.4 is 5.32 Å². The van der Waals surface area contributed by atoms with Gasteiger partial charge in [0.15, 0.2) is 0 Å². The predicted molar refractivity (Wildman–Crippen MR) is 99.1 cm³/mol. The van der Waals surface area contributed by atoms with Crippen molar-refractivity contribution in [2.75, 3.05) is 19.6 Å². The molecule has 6 heteroatoms. The van der Waals surface area contributed by atoms with Gasteiger partial charge in [-0.1, -0.05) is 48.0 Å². The highest BCUT2D eigenvalue weighted by molar-refractivity contribution is 7.89. The molecule has 0 radical (unpaired) electrons. The number of nitrogens with zero attached hydrogens (tertiary/aromatic N) is 1. The second kappa shape index (κ2) is 6.40. The van der Waals surface area contributed by atoms with Crippen molar-refractivity contribution < 1.29 is 8.42 Å². The van der Waals surface area contributed by atoms with Crippen molar-refractivity contribution in [3.8, 4) is 0 Å². The van der Waals surface area contributed by atoms with E-state index in [1.165, 1.54) is 0 Å². The SMILES string of the molecule is Cc1ccccc1[C@@H]1[C@H]2CNC[C@H]2CN1S(=O)(=O)c1ccccc1Cl. The van der Waals surface area contributed by atoms with E-state index in [1.807, 2.05) is 25.1 Å². The molecular weight excluding hydrogens is 356 g/mol. The summed E-state index contributed by atoms with van der Waals surface area (Å²) < 4.78 is 28.5. The number of rotatable bonds is 3. The Kier molecular flexibility index (Phi) is 4.36. The molecule has 0 amide bonds. The number of halogens is 1. The summed E-state index contributed by atoms with van der Waals surface area (Å²) in [6.45, 7) is 4.29. The van der Waals surface area contributed by atoms with Gasteiger partial charge in [0.1, 0.15) is 4.90 Å². The highest BCUT2D eigenvalue weighted by Gasteiger charge is 2.50. The summed E-state index contributed by atoms with van der Waals surface area (Å²) in [6.07, 6.45) is 0. The van der Waals surface area contributed by atoms with E-state index < -0.39 is 10.0 Å². The van der Waals surface area contributed by atoms with Crippen LogP contribution >= 0.6 is 11.6 Å². The van der Waals surface area contributed by atoms with E-state index in [2.05, 4.69) is 11.4 Å². The molecule has 3 atom stereocenters. The van der Waals surface area contributed by atoms with E-state index in [4.69, 9.17) is 11.6 Å². The molecule has 25 heavy (non-hydrogen) atoms. The first-order valence-corrected chi connectivity index (χ1v) is 10.3. The van der Waals surface area contributed by atoms with Crippen molar-refractivity contribution in [3.63, 3.8) is 0 Å². The molecular formula is C19H21ClN2O2S. The van der Waals surface area contributed by atoms with Gasteiger partial charge < -0.3 is 5.32 Å². The number of nitrogens with one attached hydrogen (secondary N) is 1. The lowest BCUT2D eigenvalue weighted by Gasteiger charge is -2.29. The quantitative estimate of drug-likeness (QED) is 0.894. The molecule has 2 aromatic carbocycles. The molecule has 0 bridgehead atoms. The van der Waals surface area contributed by atoms with Crippen molar-refractivity contribution >= 4 is 21.6 Å². The fraction of sp³-hybridized carbons (Fsp3) is 0.368. The molecule has 2 aliphatic rings. The number of aryl methyl sites for hydroxylation is 1. The van der Waals surface area contributed by atoms with Crippen LogP contribution in [0.5, 0.6) is 0 Å². The summed E-state index contributed by atoms with van der Waals surface area (Å²) in [6, 6.07) is 14.6. The Morgan fingerprint density at radius 3 is 2.56 bits per heavy atom. The second-order valence-corrected chi connectivity index (χ2v) is 9.15. The van der Waals surface area contributed by atoms with Gasteiger partial charge in [0.25, 0.3) is 0 Å². The van der Waals surface area contributed by atoms with E-state index in [0.29, 0.717) is 18.4 Å². The van der Waals surface area contributed by atoms with Gasteiger partial charge in [-0.25, -0.2) is 8.42 Å². The zero-order valence-corrected chi connectivity index (χ0v) is 15.6. The fourth-order valence-corrected chi connectivity index (χ4v) is 6.42. The molecule has 0 saturated carbocycles. The van der Waals surface area contributed by atoms with Gasteiger partial charge in [0.2, 0.25) is 10.0 Å². The molecule has 0 unspecified atom stereocenters. The monoisotopic (exact) mass is 376 g/mol. The molecule has 2 saturated heterocycles. The predicted octanol–water partition coefficient (Wildman–Crippen LogP) is 3.23. The molecule has 4 rings (SSSR count). The largest absolute Gasteiger partial charge is 0.316 e. The summed E-state index contributed by atoms with van der Waals surface area (Å²) in [5.41, 5.74) is 2.22. The van der Waals surface area contributed by atoms with Crippen LogP contribution in [0.2, 0.25) is 5.02 Å². The van der Waals surface area contributed by atoms with Gasteiger partial charge in [-0.15, -0.1) is 0 Å². The summed E-state index contributed by atoms with van der Waals surface area (Å²) in [4.78, 5) is 0.197. The molecule has 0 aliphatic carbocycles. The van der Waals surface area contributed by atoms with Crippen LogP contribution in [0.1, 0.15) is 17.2 Å². The standard InChI is InChI=1S/C19H21ClN2O2S/c1-13-6-2-3-7-15(13)19-16-11-21-10-14(16)12-22(19)25(23,24)18-9-5-4-8-17(18)20/h2-9,14,16,19,21H,10-12H2,1H3/t14-,16-,19+/m0/s1. The molecule has 2 fully saturated rings. The Morgan fingerprint density at radius 2 is 1.80 bits per heavy atom. The van der Waals surface area contributed by atoms with Gasteiger partial charge in [-0.3, -0.25) is 0 Å². The lowest BCUT2D eigenvalue weighted by Crippen LogP contribution is -2.35. The smallest absolute Gasteiger partial charge is 0.245 e. The van der Waals surface area contributed by atoms with E-state index in [1.54, 1.807) is 28.6 Å². The van der Waals surface area contributed by atoms with Crippen LogP contribution in [0, 0.1) is 18.8 Å².